The summed E-state index contributed by atoms with van der Waals surface area (Å²) in [5.41, 5.74) is 5.22. The minimum atomic E-state index is 0.391. The highest BCUT2D eigenvalue weighted by atomic mass is 16.4. The fourth-order valence-corrected chi connectivity index (χ4v) is 2.75. The van der Waals surface area contributed by atoms with E-state index in [2.05, 4.69) is 20.5 Å². The van der Waals surface area contributed by atoms with Gasteiger partial charge in [0.05, 0.1) is 5.56 Å². The second kappa shape index (κ2) is 5.28. The Balaban J connectivity index is 1.70. The number of para-hydroxylation sites is 2. The summed E-state index contributed by atoms with van der Waals surface area (Å²) in [7, 11) is 0. The van der Waals surface area contributed by atoms with Crippen LogP contribution in [0.5, 0.6) is 0 Å². The molecule has 0 aliphatic carbocycles. The molecule has 2 N–H and O–H groups in total. The SMILES string of the molecule is Cc1cccc(C)c1Nc1nnc(-c2c[nH]c3ccccc23)o1. The Morgan fingerprint density at radius 3 is 2.57 bits per heavy atom. The summed E-state index contributed by atoms with van der Waals surface area (Å²) in [5, 5.41) is 12.6. The highest BCUT2D eigenvalue weighted by Gasteiger charge is 2.14. The molecule has 0 bridgehead atoms. The summed E-state index contributed by atoms with van der Waals surface area (Å²) in [6.45, 7) is 4.10. The average molecular weight is 304 g/mol. The van der Waals surface area contributed by atoms with Crippen LogP contribution in [0.2, 0.25) is 0 Å². The quantitative estimate of drug-likeness (QED) is 0.581. The zero-order valence-corrected chi connectivity index (χ0v) is 12.9. The van der Waals surface area contributed by atoms with Crippen molar-refractivity contribution in [2.75, 3.05) is 5.32 Å². The monoisotopic (exact) mass is 304 g/mol. The molecule has 0 fully saturated rings. The average Bonchev–Trinajstić information content (AvgIpc) is 3.17. The molecule has 2 aromatic heterocycles. The largest absolute Gasteiger partial charge is 0.403 e. The van der Waals surface area contributed by atoms with E-state index in [1.54, 1.807) is 0 Å². The van der Waals surface area contributed by atoms with Crippen LogP contribution in [0.3, 0.4) is 0 Å². The molecule has 0 saturated carbocycles. The minimum Gasteiger partial charge on any atom is -0.403 e. The number of aromatic amines is 1. The van der Waals surface area contributed by atoms with Crippen molar-refractivity contribution in [3.05, 3.63) is 59.8 Å². The van der Waals surface area contributed by atoms with Crippen molar-refractivity contribution >= 4 is 22.6 Å². The van der Waals surface area contributed by atoms with Gasteiger partial charge in [0.2, 0.25) is 0 Å². The standard InChI is InChI=1S/C18H16N4O/c1-11-6-5-7-12(2)16(11)20-18-22-21-17(23-18)14-10-19-15-9-4-3-8-13(14)15/h3-10,19H,1-2H3,(H,20,22). The van der Waals surface area contributed by atoms with Crippen LogP contribution >= 0.6 is 0 Å². The first-order chi connectivity index (χ1) is 11.2. The van der Waals surface area contributed by atoms with E-state index in [0.29, 0.717) is 11.9 Å². The van der Waals surface area contributed by atoms with Crippen LogP contribution in [0, 0.1) is 13.8 Å². The lowest BCUT2D eigenvalue weighted by Crippen LogP contribution is -1.95. The van der Waals surface area contributed by atoms with E-state index in [4.69, 9.17) is 4.42 Å². The number of H-pyrrole nitrogens is 1. The maximum Gasteiger partial charge on any atom is 0.320 e. The van der Waals surface area contributed by atoms with Gasteiger partial charge in [-0.25, -0.2) is 0 Å². The number of nitrogens with one attached hydrogen (secondary N) is 2. The number of hydrogen-bond acceptors (Lipinski definition) is 4. The lowest BCUT2D eigenvalue weighted by atomic mass is 10.1. The molecule has 0 aliphatic rings. The molecule has 2 heterocycles. The van der Waals surface area contributed by atoms with Gasteiger partial charge in [0.25, 0.3) is 5.89 Å². The maximum atomic E-state index is 5.80. The third kappa shape index (κ3) is 2.36. The van der Waals surface area contributed by atoms with Crippen LogP contribution in [0.25, 0.3) is 22.4 Å². The first kappa shape index (κ1) is 13.6. The zero-order chi connectivity index (χ0) is 15.8. The van der Waals surface area contributed by atoms with Crippen LogP contribution in [-0.4, -0.2) is 15.2 Å². The molecule has 4 rings (SSSR count). The number of aromatic nitrogens is 3. The van der Waals surface area contributed by atoms with E-state index < -0.39 is 0 Å². The molecule has 0 radical (unpaired) electrons. The molecule has 2 aromatic carbocycles. The lowest BCUT2D eigenvalue weighted by Gasteiger charge is -2.08. The summed E-state index contributed by atoms with van der Waals surface area (Å²) >= 11 is 0. The molecule has 0 aliphatic heterocycles. The van der Waals surface area contributed by atoms with Gasteiger partial charge in [0.15, 0.2) is 0 Å². The molecule has 114 valence electrons. The normalized spacial score (nSPS) is 11.0. The Morgan fingerprint density at radius 2 is 1.74 bits per heavy atom. The van der Waals surface area contributed by atoms with Gasteiger partial charge in [-0.2, -0.15) is 0 Å². The van der Waals surface area contributed by atoms with Crippen molar-refractivity contribution in [2.24, 2.45) is 0 Å². The van der Waals surface area contributed by atoms with Gasteiger partial charge in [-0.1, -0.05) is 41.5 Å². The molecular formula is C18H16N4O. The predicted molar refractivity (Wildman–Crippen MR) is 90.8 cm³/mol. The van der Waals surface area contributed by atoms with Crippen molar-refractivity contribution < 1.29 is 4.42 Å². The van der Waals surface area contributed by atoms with Gasteiger partial charge in [0.1, 0.15) is 0 Å². The number of hydrogen-bond donors (Lipinski definition) is 2. The number of fused-ring (bicyclic) bond motifs is 1. The summed E-state index contributed by atoms with van der Waals surface area (Å²) in [5.74, 6) is 0.496. The van der Waals surface area contributed by atoms with Crippen molar-refractivity contribution in [1.82, 2.24) is 15.2 Å². The topological polar surface area (TPSA) is 66.7 Å². The predicted octanol–water partition coefficient (Wildman–Crippen LogP) is 4.58. The molecule has 0 amide bonds. The molecule has 4 aromatic rings. The van der Waals surface area contributed by atoms with Crippen LogP contribution in [0.1, 0.15) is 11.1 Å². The molecule has 23 heavy (non-hydrogen) atoms. The Labute approximate surface area is 133 Å². The maximum absolute atomic E-state index is 5.80. The highest BCUT2D eigenvalue weighted by Crippen LogP contribution is 2.30. The summed E-state index contributed by atoms with van der Waals surface area (Å²) < 4.78 is 5.80. The first-order valence-electron chi connectivity index (χ1n) is 7.45. The van der Waals surface area contributed by atoms with Crippen molar-refractivity contribution in [3.8, 4) is 11.5 Å². The molecule has 0 spiro atoms. The number of benzene rings is 2. The molecule has 0 saturated heterocycles. The summed E-state index contributed by atoms with van der Waals surface area (Å²) in [6, 6.07) is 14.5. The van der Waals surface area contributed by atoms with Gasteiger partial charge in [-0.3, -0.25) is 0 Å². The fourth-order valence-electron chi connectivity index (χ4n) is 2.75. The van der Waals surface area contributed by atoms with Crippen LogP contribution in [0.15, 0.2) is 53.1 Å². The van der Waals surface area contributed by atoms with Crippen molar-refractivity contribution in [3.63, 3.8) is 0 Å². The Bertz CT molecular complexity index is 963. The van der Waals surface area contributed by atoms with Crippen LogP contribution < -0.4 is 5.32 Å². The molecule has 5 heteroatoms. The smallest absolute Gasteiger partial charge is 0.320 e. The second-order valence-electron chi connectivity index (χ2n) is 5.55. The van der Waals surface area contributed by atoms with Crippen molar-refractivity contribution in [1.29, 1.82) is 0 Å². The number of aryl methyl sites for hydroxylation is 2. The zero-order valence-electron chi connectivity index (χ0n) is 12.9. The molecule has 0 atom stereocenters. The Kier molecular flexibility index (Phi) is 3.12. The third-order valence-corrected chi connectivity index (χ3v) is 3.96. The van der Waals surface area contributed by atoms with E-state index in [1.165, 1.54) is 0 Å². The van der Waals surface area contributed by atoms with Gasteiger partial charge in [0, 0.05) is 22.8 Å². The first-order valence-corrected chi connectivity index (χ1v) is 7.45. The highest BCUT2D eigenvalue weighted by molar-refractivity contribution is 5.93. The number of nitrogens with zero attached hydrogens (tertiary/aromatic N) is 2. The second-order valence-corrected chi connectivity index (χ2v) is 5.55. The van der Waals surface area contributed by atoms with Gasteiger partial charge in [-0.05, 0) is 31.0 Å². The van der Waals surface area contributed by atoms with Crippen LogP contribution in [0.4, 0.5) is 11.7 Å². The van der Waals surface area contributed by atoms with Crippen LogP contribution in [-0.2, 0) is 0 Å². The number of anilines is 2. The molecule has 0 unspecified atom stereocenters. The van der Waals surface area contributed by atoms with E-state index in [9.17, 15) is 0 Å². The van der Waals surface area contributed by atoms with E-state index >= 15 is 0 Å². The van der Waals surface area contributed by atoms with Gasteiger partial charge in [-0.15, -0.1) is 5.10 Å². The third-order valence-electron chi connectivity index (χ3n) is 3.96. The van der Waals surface area contributed by atoms with Crippen molar-refractivity contribution in [2.45, 2.75) is 13.8 Å². The van der Waals surface area contributed by atoms with Gasteiger partial charge < -0.3 is 14.7 Å². The summed E-state index contributed by atoms with van der Waals surface area (Å²) in [6.07, 6.45) is 1.89. The Hall–Kier alpha value is -3.08. The number of rotatable bonds is 3. The Morgan fingerprint density at radius 1 is 0.957 bits per heavy atom. The van der Waals surface area contributed by atoms with E-state index in [1.807, 2.05) is 62.5 Å². The van der Waals surface area contributed by atoms with Gasteiger partial charge >= 0.3 is 6.01 Å². The summed E-state index contributed by atoms with van der Waals surface area (Å²) in [4.78, 5) is 3.22. The fraction of sp³-hybridized carbons (Fsp3) is 0.111. The molecule has 5 nitrogen and oxygen atoms in total. The minimum absolute atomic E-state index is 0.391. The lowest BCUT2D eigenvalue weighted by molar-refractivity contribution is 0.588. The molecular weight excluding hydrogens is 288 g/mol. The van der Waals surface area contributed by atoms with E-state index in [0.717, 1.165) is 33.3 Å². The van der Waals surface area contributed by atoms with E-state index in [-0.39, 0.29) is 0 Å².